The first kappa shape index (κ1) is 10.4. The van der Waals surface area contributed by atoms with E-state index in [0.29, 0.717) is 24.4 Å². The van der Waals surface area contributed by atoms with Gasteiger partial charge in [0.15, 0.2) is 5.76 Å². The number of pyridine rings is 1. The number of nitrogens with zero attached hydrogens (tertiary/aromatic N) is 3. The number of aliphatic hydroxyl groups is 1. The highest BCUT2D eigenvalue weighted by Crippen LogP contribution is 2.27. The van der Waals surface area contributed by atoms with Crippen LogP contribution in [0.1, 0.15) is 18.2 Å². The summed E-state index contributed by atoms with van der Waals surface area (Å²) in [4.78, 5) is 4.20. The smallest absolute Gasteiger partial charge is 0.156 e. The second kappa shape index (κ2) is 4.27. The molecular weight excluding hydrogens is 218 g/mol. The molecule has 2 aromatic rings. The Labute approximate surface area is 98.5 Å². The van der Waals surface area contributed by atoms with Crippen molar-refractivity contribution in [3.8, 4) is 11.4 Å². The maximum absolute atomic E-state index is 9.42. The van der Waals surface area contributed by atoms with E-state index in [2.05, 4.69) is 15.5 Å². The molecule has 87 valence electrons. The number of hydrogen-bond acceptors (Lipinski definition) is 4. The molecule has 0 bridgehead atoms. The molecule has 0 aromatic carbocycles. The van der Waals surface area contributed by atoms with Crippen molar-refractivity contribution in [3.05, 3.63) is 36.2 Å². The Kier molecular flexibility index (Phi) is 2.62. The predicted molar refractivity (Wildman–Crippen MR) is 60.1 cm³/mol. The van der Waals surface area contributed by atoms with E-state index in [1.54, 1.807) is 6.20 Å². The average Bonchev–Trinajstić information content (AvgIpc) is 2.98. The van der Waals surface area contributed by atoms with Crippen LogP contribution < -0.4 is 5.32 Å². The third-order valence-electron chi connectivity index (χ3n) is 2.82. The van der Waals surface area contributed by atoms with Gasteiger partial charge in [-0.05, 0) is 18.6 Å². The first-order valence-corrected chi connectivity index (χ1v) is 5.55. The van der Waals surface area contributed by atoms with E-state index in [1.807, 2.05) is 24.3 Å². The average molecular weight is 230 g/mol. The predicted octanol–water partition coefficient (Wildman–Crippen LogP) is 1.15. The lowest BCUT2D eigenvalue weighted by molar-refractivity contribution is 0.191. The molecule has 0 saturated carbocycles. The molecule has 1 aliphatic heterocycles. The van der Waals surface area contributed by atoms with E-state index in [4.69, 9.17) is 4.52 Å². The SMILES string of the molecule is OC1C[N]C(c2cc(-c3ccccn3)no2)C1. The molecule has 3 rings (SSSR count). The van der Waals surface area contributed by atoms with Crippen LogP contribution in [0.25, 0.3) is 11.4 Å². The summed E-state index contributed by atoms with van der Waals surface area (Å²) in [5, 5.41) is 17.7. The first-order chi connectivity index (χ1) is 8.33. The Morgan fingerprint density at radius 3 is 2.94 bits per heavy atom. The molecule has 0 aliphatic carbocycles. The molecule has 1 fully saturated rings. The number of aromatic nitrogens is 2. The fraction of sp³-hybridized carbons (Fsp3) is 0.333. The Morgan fingerprint density at radius 2 is 2.24 bits per heavy atom. The zero-order valence-electron chi connectivity index (χ0n) is 9.15. The summed E-state index contributed by atoms with van der Waals surface area (Å²) in [5.74, 6) is 0.696. The van der Waals surface area contributed by atoms with Gasteiger partial charge in [0.05, 0.1) is 17.8 Å². The molecule has 5 heteroatoms. The normalized spacial score (nSPS) is 24.1. The van der Waals surface area contributed by atoms with Gasteiger partial charge in [0, 0.05) is 18.8 Å². The van der Waals surface area contributed by atoms with E-state index < -0.39 is 0 Å². The van der Waals surface area contributed by atoms with E-state index in [1.165, 1.54) is 0 Å². The maximum Gasteiger partial charge on any atom is 0.156 e. The third kappa shape index (κ3) is 2.07. The van der Waals surface area contributed by atoms with E-state index in [9.17, 15) is 5.11 Å². The van der Waals surface area contributed by atoms with Gasteiger partial charge in [-0.2, -0.15) is 0 Å². The third-order valence-corrected chi connectivity index (χ3v) is 2.82. The van der Waals surface area contributed by atoms with Crippen LogP contribution in [0.3, 0.4) is 0 Å². The standard InChI is InChI=1S/C12H12N3O2/c16-8-5-11(14-7-8)12-6-10(15-17-12)9-3-1-2-4-13-9/h1-4,6,8,11,16H,5,7H2. The summed E-state index contributed by atoms with van der Waals surface area (Å²) < 4.78 is 5.26. The summed E-state index contributed by atoms with van der Waals surface area (Å²) in [7, 11) is 0. The van der Waals surface area contributed by atoms with Gasteiger partial charge in [-0.3, -0.25) is 4.98 Å². The van der Waals surface area contributed by atoms with Gasteiger partial charge < -0.3 is 9.63 Å². The quantitative estimate of drug-likeness (QED) is 0.839. The van der Waals surface area contributed by atoms with E-state index in [0.717, 1.165) is 5.69 Å². The molecule has 5 nitrogen and oxygen atoms in total. The van der Waals surface area contributed by atoms with Crippen molar-refractivity contribution < 1.29 is 9.63 Å². The second-order valence-electron chi connectivity index (χ2n) is 4.10. The Hall–Kier alpha value is -1.72. The molecule has 2 atom stereocenters. The van der Waals surface area contributed by atoms with Crippen molar-refractivity contribution in [2.24, 2.45) is 0 Å². The van der Waals surface area contributed by atoms with Crippen molar-refractivity contribution >= 4 is 0 Å². The van der Waals surface area contributed by atoms with Crippen molar-refractivity contribution in [2.75, 3.05) is 6.54 Å². The summed E-state index contributed by atoms with van der Waals surface area (Å²) in [6.45, 7) is 0.476. The molecule has 17 heavy (non-hydrogen) atoms. The lowest BCUT2D eigenvalue weighted by Gasteiger charge is -2.01. The monoisotopic (exact) mass is 230 g/mol. The van der Waals surface area contributed by atoms with Crippen LogP contribution in [-0.2, 0) is 0 Å². The molecule has 0 amide bonds. The largest absolute Gasteiger partial charge is 0.392 e. The van der Waals surface area contributed by atoms with E-state index in [-0.39, 0.29) is 12.1 Å². The van der Waals surface area contributed by atoms with Crippen LogP contribution in [-0.4, -0.2) is 27.9 Å². The zero-order valence-corrected chi connectivity index (χ0v) is 9.15. The van der Waals surface area contributed by atoms with Gasteiger partial charge in [-0.15, -0.1) is 0 Å². The lowest BCUT2D eigenvalue weighted by Crippen LogP contribution is -2.06. The molecule has 2 unspecified atom stereocenters. The molecule has 1 N–H and O–H groups in total. The van der Waals surface area contributed by atoms with Gasteiger partial charge >= 0.3 is 0 Å². The molecule has 1 radical (unpaired) electrons. The second-order valence-corrected chi connectivity index (χ2v) is 4.10. The Balaban J connectivity index is 1.84. The molecule has 2 aromatic heterocycles. The van der Waals surface area contributed by atoms with Gasteiger partial charge in [-0.25, -0.2) is 5.32 Å². The van der Waals surface area contributed by atoms with Crippen LogP contribution in [0.4, 0.5) is 0 Å². The number of aliphatic hydroxyl groups excluding tert-OH is 1. The minimum absolute atomic E-state index is 0.0741. The molecule has 1 aliphatic rings. The molecular formula is C12H12N3O2. The molecule has 1 saturated heterocycles. The fourth-order valence-corrected chi connectivity index (χ4v) is 1.94. The highest BCUT2D eigenvalue weighted by Gasteiger charge is 2.28. The summed E-state index contributed by atoms with van der Waals surface area (Å²) in [5.41, 5.74) is 1.48. The summed E-state index contributed by atoms with van der Waals surface area (Å²) in [6.07, 6.45) is 1.97. The highest BCUT2D eigenvalue weighted by atomic mass is 16.5. The summed E-state index contributed by atoms with van der Waals surface area (Å²) >= 11 is 0. The van der Waals surface area contributed by atoms with Crippen molar-refractivity contribution in [2.45, 2.75) is 18.6 Å². The van der Waals surface area contributed by atoms with Crippen molar-refractivity contribution in [3.63, 3.8) is 0 Å². The van der Waals surface area contributed by atoms with Gasteiger partial charge in [0.2, 0.25) is 0 Å². The fourth-order valence-electron chi connectivity index (χ4n) is 1.94. The maximum atomic E-state index is 9.42. The van der Waals surface area contributed by atoms with Gasteiger partial charge in [0.1, 0.15) is 5.69 Å². The van der Waals surface area contributed by atoms with Crippen LogP contribution >= 0.6 is 0 Å². The van der Waals surface area contributed by atoms with Crippen molar-refractivity contribution in [1.29, 1.82) is 0 Å². The van der Waals surface area contributed by atoms with Crippen LogP contribution in [0, 0.1) is 0 Å². The highest BCUT2D eigenvalue weighted by molar-refractivity contribution is 5.53. The first-order valence-electron chi connectivity index (χ1n) is 5.55. The van der Waals surface area contributed by atoms with Gasteiger partial charge in [-0.1, -0.05) is 11.2 Å². The lowest BCUT2D eigenvalue weighted by atomic mass is 10.1. The van der Waals surface area contributed by atoms with Crippen LogP contribution in [0.15, 0.2) is 35.0 Å². The van der Waals surface area contributed by atoms with Crippen LogP contribution in [0.5, 0.6) is 0 Å². The summed E-state index contributed by atoms with van der Waals surface area (Å²) in [6, 6.07) is 7.40. The topological polar surface area (TPSA) is 73.2 Å². The molecule has 3 heterocycles. The number of hydrogen-bond donors (Lipinski definition) is 1. The van der Waals surface area contributed by atoms with E-state index >= 15 is 0 Å². The minimum atomic E-state index is -0.358. The van der Waals surface area contributed by atoms with Gasteiger partial charge in [0.25, 0.3) is 0 Å². The zero-order chi connectivity index (χ0) is 11.7. The Bertz CT molecular complexity index is 497. The Morgan fingerprint density at radius 1 is 1.29 bits per heavy atom. The van der Waals surface area contributed by atoms with Crippen molar-refractivity contribution in [1.82, 2.24) is 15.5 Å². The van der Waals surface area contributed by atoms with Crippen LogP contribution in [0.2, 0.25) is 0 Å². The number of rotatable bonds is 2. The minimum Gasteiger partial charge on any atom is -0.392 e. The molecule has 0 spiro atoms.